The first kappa shape index (κ1) is 22.6. The van der Waals surface area contributed by atoms with Gasteiger partial charge in [0, 0.05) is 12.7 Å². The third-order valence-corrected chi connectivity index (χ3v) is 8.12. The minimum Gasteiger partial charge on any atom is -0.494 e. The van der Waals surface area contributed by atoms with Crippen LogP contribution in [0.2, 0.25) is 0 Å². The van der Waals surface area contributed by atoms with E-state index in [9.17, 15) is 13.2 Å². The number of sulfonamides is 1. The fourth-order valence-electron chi connectivity index (χ4n) is 4.00. The smallest absolute Gasteiger partial charge is 0.247 e. The summed E-state index contributed by atoms with van der Waals surface area (Å²) in [7, 11) is -1.93. The summed E-state index contributed by atoms with van der Waals surface area (Å²) >= 11 is 1.40. The molecule has 4 rings (SSSR count). The van der Waals surface area contributed by atoms with E-state index in [4.69, 9.17) is 9.72 Å². The zero-order valence-corrected chi connectivity index (χ0v) is 19.9. The number of fused-ring (bicyclic) bond motifs is 1. The molecule has 1 fully saturated rings. The van der Waals surface area contributed by atoms with E-state index >= 15 is 0 Å². The van der Waals surface area contributed by atoms with E-state index in [1.807, 2.05) is 37.3 Å². The van der Waals surface area contributed by atoms with E-state index in [0.717, 1.165) is 29.4 Å². The molecule has 1 atom stereocenters. The van der Waals surface area contributed by atoms with Crippen molar-refractivity contribution in [3.8, 4) is 5.75 Å². The number of aryl methyl sites for hydroxylation is 1. The van der Waals surface area contributed by atoms with Crippen LogP contribution in [0.25, 0.3) is 10.2 Å². The normalized spacial score (nSPS) is 17.4. The molecule has 1 unspecified atom stereocenters. The van der Waals surface area contributed by atoms with Gasteiger partial charge in [0.15, 0.2) is 5.13 Å². The minimum atomic E-state index is -3.52. The summed E-state index contributed by atoms with van der Waals surface area (Å²) in [4.78, 5) is 24.5. The van der Waals surface area contributed by atoms with Gasteiger partial charge in [0.1, 0.15) is 17.3 Å². The maximum atomic E-state index is 13.8. The maximum absolute atomic E-state index is 13.8. The van der Waals surface area contributed by atoms with Gasteiger partial charge in [-0.1, -0.05) is 29.9 Å². The molecule has 0 spiro atoms. The summed E-state index contributed by atoms with van der Waals surface area (Å²) in [5.41, 5.74) is 2.42. The van der Waals surface area contributed by atoms with Gasteiger partial charge in [-0.2, -0.15) is 4.31 Å². The fraction of sp³-hybridized carbons (Fsp3) is 0.409. The van der Waals surface area contributed by atoms with E-state index in [-0.39, 0.29) is 12.5 Å². The van der Waals surface area contributed by atoms with Crippen molar-refractivity contribution >= 4 is 42.6 Å². The molecule has 0 N–H and O–H groups in total. The Kier molecular flexibility index (Phi) is 6.45. The van der Waals surface area contributed by atoms with Crippen molar-refractivity contribution in [3.63, 3.8) is 0 Å². The zero-order chi connectivity index (χ0) is 22.9. The van der Waals surface area contributed by atoms with Gasteiger partial charge in [0.05, 0.1) is 30.3 Å². The Hall–Kier alpha value is -2.56. The number of piperidine rings is 1. The molecule has 2 aromatic heterocycles. The summed E-state index contributed by atoms with van der Waals surface area (Å²) < 4.78 is 32.5. The van der Waals surface area contributed by atoms with Crippen LogP contribution in [0.1, 0.15) is 30.5 Å². The van der Waals surface area contributed by atoms with Crippen LogP contribution in [0.5, 0.6) is 5.75 Å². The van der Waals surface area contributed by atoms with Gasteiger partial charge >= 0.3 is 0 Å². The van der Waals surface area contributed by atoms with E-state index in [2.05, 4.69) is 4.98 Å². The highest BCUT2D eigenvalue weighted by Gasteiger charge is 2.38. The molecule has 0 bridgehead atoms. The molecule has 3 heterocycles. The number of methoxy groups -OCH3 is 1. The molecule has 0 saturated carbocycles. The average molecular weight is 475 g/mol. The van der Waals surface area contributed by atoms with Crippen molar-refractivity contribution in [2.75, 3.05) is 24.8 Å². The van der Waals surface area contributed by atoms with Gasteiger partial charge in [-0.3, -0.25) is 14.7 Å². The number of rotatable bonds is 6. The van der Waals surface area contributed by atoms with Crippen LogP contribution in [0, 0.1) is 6.92 Å². The van der Waals surface area contributed by atoms with Gasteiger partial charge in [0.25, 0.3) is 0 Å². The van der Waals surface area contributed by atoms with Crippen LogP contribution >= 0.6 is 11.3 Å². The molecular formula is C22H26N4O4S2. The highest BCUT2D eigenvalue weighted by atomic mass is 32.2. The Morgan fingerprint density at radius 3 is 2.78 bits per heavy atom. The molecule has 170 valence electrons. The molecule has 1 amide bonds. The summed E-state index contributed by atoms with van der Waals surface area (Å²) in [6.07, 6.45) is 4.86. The summed E-state index contributed by atoms with van der Waals surface area (Å²) in [6.45, 7) is 2.54. The van der Waals surface area contributed by atoms with Crippen molar-refractivity contribution in [2.45, 2.75) is 38.8 Å². The van der Waals surface area contributed by atoms with Crippen molar-refractivity contribution in [1.82, 2.24) is 14.3 Å². The largest absolute Gasteiger partial charge is 0.494 e. The van der Waals surface area contributed by atoms with Crippen molar-refractivity contribution in [2.24, 2.45) is 0 Å². The van der Waals surface area contributed by atoms with Gasteiger partial charge in [-0.15, -0.1) is 0 Å². The van der Waals surface area contributed by atoms with Gasteiger partial charge in [-0.25, -0.2) is 13.4 Å². The first-order valence-electron chi connectivity index (χ1n) is 10.4. The molecule has 8 nitrogen and oxygen atoms in total. The molecule has 0 aliphatic carbocycles. The van der Waals surface area contributed by atoms with Crippen LogP contribution in [0.3, 0.4) is 0 Å². The molecule has 3 aromatic rings. The monoisotopic (exact) mass is 474 g/mol. The number of carbonyl (C=O) groups is 1. The molecule has 1 aliphatic heterocycles. The molecule has 32 heavy (non-hydrogen) atoms. The third-order valence-electron chi connectivity index (χ3n) is 5.62. The highest BCUT2D eigenvalue weighted by molar-refractivity contribution is 7.88. The van der Waals surface area contributed by atoms with E-state index in [0.29, 0.717) is 35.1 Å². The van der Waals surface area contributed by atoms with Crippen LogP contribution in [-0.2, 0) is 21.4 Å². The lowest BCUT2D eigenvalue weighted by molar-refractivity contribution is -0.123. The summed E-state index contributed by atoms with van der Waals surface area (Å²) in [5.74, 6) is 0.352. The first-order valence-corrected chi connectivity index (χ1v) is 13.1. The molecule has 1 saturated heterocycles. The number of carbonyl (C=O) groups excluding carboxylic acids is 1. The molecule has 10 heteroatoms. The predicted molar refractivity (Wildman–Crippen MR) is 126 cm³/mol. The SMILES string of the molecule is COc1ccc(C)c2sc(N(Cc3ccccn3)C(=O)C3CCCCN3S(C)(=O)=O)nc12. The standard InChI is InChI=1S/C22H26N4O4S2/c1-15-10-11-18(30-2)19-20(15)31-22(24-19)25(14-16-8-4-6-12-23-16)21(27)17-9-5-7-13-26(17)32(3,28)29/h4,6,8,10-12,17H,5,7,9,13-14H2,1-3H3. The number of anilines is 1. The number of pyridine rings is 1. The number of ether oxygens (including phenoxy) is 1. The number of benzene rings is 1. The Labute approximate surface area is 191 Å². The van der Waals surface area contributed by atoms with E-state index in [1.54, 1.807) is 18.2 Å². The fourth-order valence-corrected chi connectivity index (χ4v) is 6.18. The second-order valence-electron chi connectivity index (χ2n) is 7.89. The van der Waals surface area contributed by atoms with E-state index in [1.165, 1.54) is 15.6 Å². The number of amides is 1. The Morgan fingerprint density at radius 1 is 1.28 bits per heavy atom. The number of nitrogens with zero attached hydrogens (tertiary/aromatic N) is 4. The quantitative estimate of drug-likeness (QED) is 0.544. The second kappa shape index (κ2) is 9.13. The third kappa shape index (κ3) is 4.48. The van der Waals surface area contributed by atoms with Gasteiger partial charge in [-0.05, 0) is 43.5 Å². The lowest BCUT2D eigenvalue weighted by Gasteiger charge is -2.35. The summed E-state index contributed by atoms with van der Waals surface area (Å²) in [5, 5.41) is 0.502. The van der Waals surface area contributed by atoms with Crippen LogP contribution in [0.4, 0.5) is 5.13 Å². The number of hydrogen-bond acceptors (Lipinski definition) is 7. The average Bonchev–Trinajstić information content (AvgIpc) is 3.23. The molecular weight excluding hydrogens is 448 g/mol. The molecule has 1 aromatic carbocycles. The van der Waals surface area contributed by atoms with E-state index < -0.39 is 16.1 Å². The summed E-state index contributed by atoms with van der Waals surface area (Å²) in [6, 6.07) is 8.58. The maximum Gasteiger partial charge on any atom is 0.247 e. The van der Waals surface area contributed by atoms with Crippen molar-refractivity contribution in [3.05, 3.63) is 47.8 Å². The lowest BCUT2D eigenvalue weighted by Crippen LogP contribution is -2.52. The predicted octanol–water partition coefficient (Wildman–Crippen LogP) is 3.36. The Bertz CT molecular complexity index is 1230. The minimum absolute atomic E-state index is 0.203. The highest BCUT2D eigenvalue weighted by Crippen LogP contribution is 2.37. The number of aromatic nitrogens is 2. The zero-order valence-electron chi connectivity index (χ0n) is 18.3. The Balaban J connectivity index is 1.80. The molecule has 1 aliphatic rings. The Morgan fingerprint density at radius 2 is 2.09 bits per heavy atom. The molecule has 0 radical (unpaired) electrons. The second-order valence-corrected chi connectivity index (χ2v) is 10.8. The topological polar surface area (TPSA) is 92.7 Å². The van der Waals surface area contributed by atoms with Crippen LogP contribution in [-0.4, -0.2) is 54.6 Å². The number of thiazole rings is 1. The van der Waals surface area contributed by atoms with Crippen LogP contribution in [0.15, 0.2) is 36.5 Å². The first-order chi connectivity index (χ1) is 15.3. The van der Waals surface area contributed by atoms with Crippen LogP contribution < -0.4 is 9.64 Å². The van der Waals surface area contributed by atoms with Crippen molar-refractivity contribution in [1.29, 1.82) is 0 Å². The van der Waals surface area contributed by atoms with Crippen molar-refractivity contribution < 1.29 is 17.9 Å². The van der Waals surface area contributed by atoms with Gasteiger partial charge in [0.2, 0.25) is 15.9 Å². The number of hydrogen-bond donors (Lipinski definition) is 0. The van der Waals surface area contributed by atoms with Gasteiger partial charge < -0.3 is 4.74 Å². The lowest BCUT2D eigenvalue weighted by atomic mass is 10.0.